The van der Waals surface area contributed by atoms with Crippen molar-refractivity contribution in [3.05, 3.63) is 47.4 Å². The van der Waals surface area contributed by atoms with E-state index in [2.05, 4.69) is 9.97 Å². The number of nitrogens with zero attached hydrogens (tertiary/aromatic N) is 2. The van der Waals surface area contributed by atoms with Gasteiger partial charge in [0, 0.05) is 17.1 Å². The minimum absolute atomic E-state index is 0.197. The van der Waals surface area contributed by atoms with E-state index in [4.69, 9.17) is 22.1 Å². The third kappa shape index (κ3) is 2.55. The molecule has 2 aromatic carbocycles. The molecule has 4 nitrogen and oxygen atoms in total. The van der Waals surface area contributed by atoms with Crippen molar-refractivity contribution in [3.8, 4) is 16.9 Å². The molecule has 0 saturated carbocycles. The van der Waals surface area contributed by atoms with Crippen LogP contribution in [-0.4, -0.2) is 16.6 Å². The highest BCUT2D eigenvalue weighted by atomic mass is 35.5. The van der Waals surface area contributed by atoms with E-state index >= 15 is 0 Å². The van der Waals surface area contributed by atoms with Gasteiger partial charge in [0.1, 0.15) is 11.6 Å². The average Bonchev–Trinajstić information content (AvgIpc) is 2.50. The lowest BCUT2D eigenvalue weighted by molar-refractivity contribution is 0.340. The van der Waals surface area contributed by atoms with E-state index < -0.39 is 5.82 Å². The van der Waals surface area contributed by atoms with E-state index in [-0.39, 0.29) is 11.0 Å². The summed E-state index contributed by atoms with van der Waals surface area (Å²) in [5, 5.41) is 1.00. The lowest BCUT2D eigenvalue weighted by Gasteiger charge is -2.12. The number of aromatic nitrogens is 2. The zero-order valence-corrected chi connectivity index (χ0v) is 12.6. The van der Waals surface area contributed by atoms with Crippen molar-refractivity contribution < 1.29 is 9.13 Å². The van der Waals surface area contributed by atoms with E-state index in [1.165, 1.54) is 12.1 Å². The first kappa shape index (κ1) is 14.5. The van der Waals surface area contributed by atoms with E-state index in [0.29, 0.717) is 29.0 Å². The van der Waals surface area contributed by atoms with Gasteiger partial charge < -0.3 is 10.5 Å². The maximum Gasteiger partial charge on any atom is 0.220 e. The van der Waals surface area contributed by atoms with Gasteiger partial charge in [-0.15, -0.1) is 0 Å². The molecule has 0 amide bonds. The Morgan fingerprint density at radius 2 is 2.09 bits per heavy atom. The Morgan fingerprint density at radius 1 is 1.27 bits per heavy atom. The van der Waals surface area contributed by atoms with E-state index in [1.807, 2.05) is 6.92 Å². The fraction of sp³-hybridized carbons (Fsp3) is 0.125. The lowest BCUT2D eigenvalue weighted by atomic mass is 10.0. The second-order valence-electron chi connectivity index (χ2n) is 4.67. The summed E-state index contributed by atoms with van der Waals surface area (Å²) in [6, 6.07) is 8.14. The smallest absolute Gasteiger partial charge is 0.220 e. The molecule has 0 aliphatic rings. The fourth-order valence-electron chi connectivity index (χ4n) is 2.27. The van der Waals surface area contributed by atoms with Gasteiger partial charge in [0.15, 0.2) is 0 Å². The van der Waals surface area contributed by atoms with Gasteiger partial charge in [0.05, 0.1) is 17.1 Å². The minimum atomic E-state index is -0.413. The lowest BCUT2D eigenvalue weighted by Crippen LogP contribution is -1.96. The number of rotatable bonds is 3. The number of hydrogen-bond donors (Lipinski definition) is 1. The van der Waals surface area contributed by atoms with Crippen LogP contribution in [0.2, 0.25) is 5.02 Å². The highest BCUT2D eigenvalue weighted by Gasteiger charge is 2.15. The predicted molar refractivity (Wildman–Crippen MR) is 85.5 cm³/mol. The largest absolute Gasteiger partial charge is 0.492 e. The number of hydrogen-bond acceptors (Lipinski definition) is 4. The van der Waals surface area contributed by atoms with Gasteiger partial charge in [-0.3, -0.25) is 0 Å². The van der Waals surface area contributed by atoms with Crippen LogP contribution in [0.4, 0.5) is 10.3 Å². The van der Waals surface area contributed by atoms with Crippen LogP contribution in [0.15, 0.2) is 36.5 Å². The summed E-state index contributed by atoms with van der Waals surface area (Å²) >= 11 is 6.29. The number of benzene rings is 2. The Kier molecular flexibility index (Phi) is 3.81. The number of anilines is 1. The fourth-order valence-corrected chi connectivity index (χ4v) is 2.59. The summed E-state index contributed by atoms with van der Waals surface area (Å²) in [6.45, 7) is 2.30. The number of halogens is 2. The van der Waals surface area contributed by atoms with Crippen molar-refractivity contribution in [2.45, 2.75) is 6.92 Å². The summed E-state index contributed by atoms with van der Waals surface area (Å²) in [5.74, 6) is 0.237. The molecule has 0 unspecified atom stereocenters. The number of fused-ring (bicyclic) bond motifs is 1. The molecule has 1 aromatic heterocycles. The molecular weight excluding hydrogens is 305 g/mol. The van der Waals surface area contributed by atoms with Crippen LogP contribution in [0.25, 0.3) is 22.0 Å². The molecule has 0 spiro atoms. The second kappa shape index (κ2) is 5.77. The number of ether oxygens (including phenoxy) is 1. The molecule has 0 radical (unpaired) electrons. The van der Waals surface area contributed by atoms with Crippen LogP contribution in [0.3, 0.4) is 0 Å². The molecular formula is C16H13ClFN3O. The quantitative estimate of drug-likeness (QED) is 0.791. The monoisotopic (exact) mass is 317 g/mol. The summed E-state index contributed by atoms with van der Waals surface area (Å²) in [6.07, 6.45) is 1.60. The number of nitrogen functional groups attached to an aromatic ring is 1. The predicted octanol–water partition coefficient (Wildman–Crippen LogP) is 4.07. The number of nitrogens with two attached hydrogens (primary N) is 1. The van der Waals surface area contributed by atoms with Crippen LogP contribution in [0, 0.1) is 5.82 Å². The first-order valence-electron chi connectivity index (χ1n) is 6.73. The van der Waals surface area contributed by atoms with Crippen LogP contribution in [0.5, 0.6) is 5.75 Å². The molecule has 6 heteroatoms. The minimum Gasteiger partial charge on any atom is -0.492 e. The van der Waals surface area contributed by atoms with Crippen LogP contribution >= 0.6 is 11.6 Å². The molecule has 0 bridgehead atoms. The molecule has 112 valence electrons. The maximum absolute atomic E-state index is 14.2. The van der Waals surface area contributed by atoms with Gasteiger partial charge in [-0.2, -0.15) is 0 Å². The van der Waals surface area contributed by atoms with Crippen molar-refractivity contribution in [1.82, 2.24) is 9.97 Å². The van der Waals surface area contributed by atoms with Crippen molar-refractivity contribution in [3.63, 3.8) is 0 Å². The topological polar surface area (TPSA) is 61.0 Å². The van der Waals surface area contributed by atoms with Gasteiger partial charge >= 0.3 is 0 Å². The Hall–Kier alpha value is -2.40. The molecule has 3 aromatic rings. The van der Waals surface area contributed by atoms with Crippen molar-refractivity contribution in [2.24, 2.45) is 0 Å². The Balaban J connectivity index is 2.18. The van der Waals surface area contributed by atoms with Crippen LogP contribution in [0.1, 0.15) is 6.92 Å². The van der Waals surface area contributed by atoms with Crippen LogP contribution < -0.4 is 10.5 Å². The average molecular weight is 318 g/mol. The molecule has 0 aliphatic heterocycles. The van der Waals surface area contributed by atoms with E-state index in [0.717, 1.165) is 5.39 Å². The zero-order valence-electron chi connectivity index (χ0n) is 11.8. The summed E-state index contributed by atoms with van der Waals surface area (Å²) in [7, 11) is 0. The van der Waals surface area contributed by atoms with Crippen molar-refractivity contribution in [2.75, 3.05) is 12.3 Å². The van der Waals surface area contributed by atoms with Crippen LogP contribution in [-0.2, 0) is 0 Å². The van der Waals surface area contributed by atoms with Gasteiger partial charge in [0.2, 0.25) is 5.95 Å². The summed E-state index contributed by atoms with van der Waals surface area (Å²) < 4.78 is 19.6. The highest BCUT2D eigenvalue weighted by Crippen LogP contribution is 2.38. The molecule has 1 heterocycles. The SMILES string of the molecule is CCOc1ccc(F)c(-c2ccc3nc(N)ncc3c2)c1Cl. The van der Waals surface area contributed by atoms with Gasteiger partial charge in [-0.25, -0.2) is 14.4 Å². The van der Waals surface area contributed by atoms with E-state index in [1.54, 1.807) is 24.4 Å². The molecule has 0 saturated heterocycles. The maximum atomic E-state index is 14.2. The Labute approximate surface area is 131 Å². The third-order valence-corrected chi connectivity index (χ3v) is 3.62. The molecule has 0 atom stereocenters. The highest BCUT2D eigenvalue weighted by molar-refractivity contribution is 6.34. The Morgan fingerprint density at radius 3 is 2.86 bits per heavy atom. The standard InChI is InChI=1S/C16H13ClFN3O/c1-2-22-13-6-4-11(18)14(15(13)17)9-3-5-12-10(7-9)8-20-16(19)21-12/h3-8H,2H2,1H3,(H2,19,20,21). The summed E-state index contributed by atoms with van der Waals surface area (Å²) in [5.41, 5.74) is 7.17. The van der Waals surface area contributed by atoms with Gasteiger partial charge in [0.25, 0.3) is 0 Å². The summed E-state index contributed by atoms with van der Waals surface area (Å²) in [4.78, 5) is 8.07. The molecule has 0 aliphatic carbocycles. The molecule has 22 heavy (non-hydrogen) atoms. The molecule has 3 rings (SSSR count). The Bertz CT molecular complexity index is 854. The zero-order chi connectivity index (χ0) is 15.7. The van der Waals surface area contributed by atoms with Crippen molar-refractivity contribution >= 4 is 28.5 Å². The van der Waals surface area contributed by atoms with E-state index in [9.17, 15) is 4.39 Å². The first-order valence-corrected chi connectivity index (χ1v) is 7.11. The normalized spacial score (nSPS) is 10.9. The molecule has 0 fully saturated rings. The van der Waals surface area contributed by atoms with Gasteiger partial charge in [-0.05, 0) is 36.8 Å². The van der Waals surface area contributed by atoms with Crippen molar-refractivity contribution in [1.29, 1.82) is 0 Å². The molecule has 2 N–H and O–H groups in total. The third-order valence-electron chi connectivity index (χ3n) is 3.24. The van der Waals surface area contributed by atoms with Gasteiger partial charge in [-0.1, -0.05) is 17.7 Å². The second-order valence-corrected chi connectivity index (χ2v) is 5.05. The first-order chi connectivity index (χ1) is 10.6.